The fraction of sp³-hybridized carbons (Fsp3) is 0.238. The Hall–Kier alpha value is -3.15. The maximum Gasteiger partial charge on any atom is 0.229 e. The zero-order valence-electron chi connectivity index (χ0n) is 15.7. The molecule has 0 spiro atoms. The topological polar surface area (TPSA) is 59.1 Å². The Labute approximate surface area is 158 Å². The summed E-state index contributed by atoms with van der Waals surface area (Å²) in [5.74, 6) is 1.56. The first kappa shape index (κ1) is 18.6. The van der Waals surface area contributed by atoms with Crippen LogP contribution < -0.4 is 15.4 Å². The van der Waals surface area contributed by atoms with Crippen LogP contribution in [0.3, 0.4) is 0 Å². The third-order valence-corrected chi connectivity index (χ3v) is 3.77. The molecule has 3 rings (SSSR count). The van der Waals surface area contributed by atoms with Crippen LogP contribution in [-0.4, -0.2) is 16.1 Å². The van der Waals surface area contributed by atoms with E-state index in [9.17, 15) is 4.39 Å². The molecule has 0 amide bonds. The molecule has 0 aliphatic carbocycles. The van der Waals surface area contributed by atoms with Crippen LogP contribution in [-0.2, 0) is 6.54 Å². The molecule has 0 aliphatic heterocycles. The summed E-state index contributed by atoms with van der Waals surface area (Å²) in [5, 5.41) is 6.36. The number of hydrogen-bond acceptors (Lipinski definition) is 5. The van der Waals surface area contributed by atoms with Crippen LogP contribution in [0.4, 0.5) is 21.8 Å². The third kappa shape index (κ3) is 5.17. The van der Waals surface area contributed by atoms with Crippen LogP contribution in [0.25, 0.3) is 0 Å². The highest BCUT2D eigenvalue weighted by Gasteiger charge is 2.09. The zero-order valence-corrected chi connectivity index (χ0v) is 15.7. The second kappa shape index (κ2) is 8.49. The number of rotatable bonds is 7. The molecule has 0 fully saturated rings. The molecule has 0 saturated carbocycles. The molecule has 0 radical (unpaired) electrons. The van der Waals surface area contributed by atoms with E-state index in [4.69, 9.17) is 4.74 Å². The predicted octanol–water partition coefficient (Wildman–Crippen LogP) is 5.07. The Balaban J connectivity index is 1.77. The summed E-state index contributed by atoms with van der Waals surface area (Å²) in [6, 6.07) is 16.1. The molecule has 2 aromatic carbocycles. The number of anilines is 3. The van der Waals surface area contributed by atoms with E-state index in [1.807, 2.05) is 57.2 Å². The van der Waals surface area contributed by atoms with Gasteiger partial charge in [0.05, 0.1) is 11.8 Å². The van der Waals surface area contributed by atoms with E-state index in [2.05, 4.69) is 20.6 Å². The van der Waals surface area contributed by atoms with Crippen molar-refractivity contribution in [1.82, 2.24) is 9.97 Å². The number of nitrogens with one attached hydrogen (secondary N) is 2. The fourth-order valence-electron chi connectivity index (χ4n) is 2.59. The van der Waals surface area contributed by atoms with Crippen LogP contribution in [0.2, 0.25) is 0 Å². The smallest absolute Gasteiger partial charge is 0.229 e. The number of ether oxygens (including phenoxy) is 1. The molecule has 0 aliphatic rings. The van der Waals surface area contributed by atoms with E-state index >= 15 is 0 Å². The number of aromatic nitrogens is 2. The summed E-state index contributed by atoms with van der Waals surface area (Å²) < 4.78 is 19.6. The van der Waals surface area contributed by atoms with Crippen LogP contribution in [0, 0.1) is 12.7 Å². The van der Waals surface area contributed by atoms with E-state index in [-0.39, 0.29) is 11.9 Å². The molecule has 27 heavy (non-hydrogen) atoms. The van der Waals surface area contributed by atoms with E-state index in [1.54, 1.807) is 12.1 Å². The van der Waals surface area contributed by atoms with Gasteiger partial charge in [-0.3, -0.25) is 0 Å². The summed E-state index contributed by atoms with van der Waals surface area (Å²) in [6.07, 6.45) is 0.0596. The van der Waals surface area contributed by atoms with Gasteiger partial charge in [-0.25, -0.2) is 9.37 Å². The fourth-order valence-corrected chi connectivity index (χ4v) is 2.59. The SMILES string of the molecule is Cc1cc(NCc2ccccc2F)nc(Nc2ccccc2OC(C)C)n1. The minimum Gasteiger partial charge on any atom is -0.489 e. The molecule has 0 saturated heterocycles. The highest BCUT2D eigenvalue weighted by atomic mass is 19.1. The highest BCUT2D eigenvalue weighted by Crippen LogP contribution is 2.27. The predicted molar refractivity (Wildman–Crippen MR) is 106 cm³/mol. The van der Waals surface area contributed by atoms with Crippen LogP contribution in [0.5, 0.6) is 5.75 Å². The van der Waals surface area contributed by atoms with Gasteiger partial charge >= 0.3 is 0 Å². The minimum atomic E-state index is -0.242. The normalized spacial score (nSPS) is 10.7. The lowest BCUT2D eigenvalue weighted by Gasteiger charge is -2.15. The molecule has 0 atom stereocenters. The molecule has 140 valence electrons. The molecule has 6 heteroatoms. The summed E-state index contributed by atoms with van der Waals surface area (Å²) in [6.45, 7) is 6.18. The van der Waals surface area contributed by atoms with E-state index in [0.717, 1.165) is 17.1 Å². The number of nitrogens with zero attached hydrogens (tertiary/aromatic N) is 2. The lowest BCUT2D eigenvalue weighted by atomic mass is 10.2. The minimum absolute atomic E-state index is 0.0596. The first-order valence-electron chi connectivity index (χ1n) is 8.87. The summed E-state index contributed by atoms with van der Waals surface area (Å²) in [7, 11) is 0. The van der Waals surface area contributed by atoms with Crippen molar-refractivity contribution in [2.45, 2.75) is 33.4 Å². The Morgan fingerprint density at radius 2 is 1.78 bits per heavy atom. The lowest BCUT2D eigenvalue weighted by Crippen LogP contribution is -2.09. The van der Waals surface area contributed by atoms with Crippen LogP contribution in [0.15, 0.2) is 54.6 Å². The maximum absolute atomic E-state index is 13.8. The average Bonchev–Trinajstić information content (AvgIpc) is 2.62. The van der Waals surface area contributed by atoms with Gasteiger partial charge in [0, 0.05) is 23.9 Å². The second-order valence-corrected chi connectivity index (χ2v) is 6.45. The number of hydrogen-bond donors (Lipinski definition) is 2. The van der Waals surface area contributed by atoms with Crippen molar-refractivity contribution in [1.29, 1.82) is 0 Å². The molecule has 0 bridgehead atoms. The number of para-hydroxylation sites is 2. The molecule has 1 heterocycles. The van der Waals surface area contributed by atoms with Crippen molar-refractivity contribution in [3.8, 4) is 5.75 Å². The molecule has 1 aromatic heterocycles. The number of halogens is 1. The second-order valence-electron chi connectivity index (χ2n) is 6.45. The van der Waals surface area contributed by atoms with E-state index in [1.165, 1.54) is 6.07 Å². The molecule has 0 unspecified atom stereocenters. The molecular formula is C21H23FN4O. The van der Waals surface area contributed by atoms with Crippen molar-refractivity contribution in [3.05, 3.63) is 71.7 Å². The number of benzene rings is 2. The summed E-state index contributed by atoms with van der Waals surface area (Å²) in [4.78, 5) is 8.91. The Kier molecular flexibility index (Phi) is 5.86. The average molecular weight is 366 g/mol. The van der Waals surface area contributed by atoms with Gasteiger partial charge in [-0.1, -0.05) is 30.3 Å². The van der Waals surface area contributed by atoms with E-state index in [0.29, 0.717) is 23.9 Å². The van der Waals surface area contributed by atoms with Crippen LogP contribution in [0.1, 0.15) is 25.1 Å². The highest BCUT2D eigenvalue weighted by molar-refractivity contribution is 5.63. The quantitative estimate of drug-likeness (QED) is 0.611. The Morgan fingerprint density at radius 3 is 2.56 bits per heavy atom. The zero-order chi connectivity index (χ0) is 19.2. The Bertz CT molecular complexity index is 914. The maximum atomic E-state index is 13.8. The molecule has 3 aromatic rings. The lowest BCUT2D eigenvalue weighted by molar-refractivity contribution is 0.244. The van der Waals surface area contributed by atoms with Gasteiger partial charge in [0.25, 0.3) is 0 Å². The van der Waals surface area contributed by atoms with Crippen molar-refractivity contribution >= 4 is 17.5 Å². The van der Waals surface area contributed by atoms with Gasteiger partial charge < -0.3 is 15.4 Å². The summed E-state index contributed by atoms with van der Waals surface area (Å²) >= 11 is 0. The van der Waals surface area contributed by atoms with Gasteiger partial charge in [-0.15, -0.1) is 0 Å². The van der Waals surface area contributed by atoms with Gasteiger partial charge in [0.15, 0.2) is 0 Å². The van der Waals surface area contributed by atoms with Gasteiger partial charge in [0.2, 0.25) is 5.95 Å². The Morgan fingerprint density at radius 1 is 1.04 bits per heavy atom. The van der Waals surface area contributed by atoms with Crippen molar-refractivity contribution in [3.63, 3.8) is 0 Å². The third-order valence-electron chi connectivity index (χ3n) is 3.77. The van der Waals surface area contributed by atoms with E-state index < -0.39 is 0 Å². The standard InChI is InChI=1S/C21H23FN4O/c1-14(2)27-19-11-7-6-10-18(19)25-21-24-15(3)12-20(26-21)23-13-16-8-4-5-9-17(16)22/h4-12,14H,13H2,1-3H3,(H2,23,24,25,26). The van der Waals surface area contributed by atoms with Crippen molar-refractivity contribution < 1.29 is 9.13 Å². The van der Waals surface area contributed by atoms with Crippen molar-refractivity contribution in [2.24, 2.45) is 0 Å². The summed E-state index contributed by atoms with van der Waals surface area (Å²) in [5.41, 5.74) is 2.17. The number of aryl methyl sites for hydroxylation is 1. The van der Waals surface area contributed by atoms with Gasteiger partial charge in [0.1, 0.15) is 17.4 Å². The van der Waals surface area contributed by atoms with Gasteiger partial charge in [-0.05, 0) is 39.0 Å². The first-order valence-corrected chi connectivity index (χ1v) is 8.87. The van der Waals surface area contributed by atoms with Crippen molar-refractivity contribution in [2.75, 3.05) is 10.6 Å². The molecule has 2 N–H and O–H groups in total. The first-order chi connectivity index (χ1) is 13.0. The largest absolute Gasteiger partial charge is 0.489 e. The molecule has 5 nitrogen and oxygen atoms in total. The van der Waals surface area contributed by atoms with Gasteiger partial charge in [-0.2, -0.15) is 4.98 Å². The molecular weight excluding hydrogens is 343 g/mol. The monoisotopic (exact) mass is 366 g/mol. The van der Waals surface area contributed by atoms with Crippen LogP contribution >= 0.6 is 0 Å².